The molecule has 1 N–H and O–H groups in total. The normalized spacial score (nSPS) is 15.2. The van der Waals surface area contributed by atoms with E-state index in [-0.39, 0.29) is 5.91 Å². The van der Waals surface area contributed by atoms with E-state index >= 15 is 0 Å². The molecule has 0 bridgehead atoms. The van der Waals surface area contributed by atoms with E-state index in [1.165, 1.54) is 19.3 Å². The molecule has 1 aliphatic rings. The van der Waals surface area contributed by atoms with Gasteiger partial charge in [-0.25, -0.2) is 4.68 Å². The number of piperidine rings is 1. The van der Waals surface area contributed by atoms with Gasteiger partial charge in [-0.2, -0.15) is 5.10 Å². The number of hydrogen-bond acceptors (Lipinski definition) is 4. The van der Waals surface area contributed by atoms with Crippen molar-refractivity contribution in [2.24, 2.45) is 0 Å². The molecule has 1 fully saturated rings. The molecule has 1 amide bonds. The molecular formula is C18H24N4O2. The van der Waals surface area contributed by atoms with Crippen LogP contribution in [0.15, 0.2) is 36.5 Å². The number of aromatic nitrogens is 2. The third-order valence-electron chi connectivity index (χ3n) is 4.30. The zero-order chi connectivity index (χ0) is 16.8. The molecule has 1 aliphatic heterocycles. The van der Waals surface area contributed by atoms with E-state index in [9.17, 15) is 4.79 Å². The van der Waals surface area contributed by atoms with Crippen molar-refractivity contribution in [3.8, 4) is 11.4 Å². The highest BCUT2D eigenvalue weighted by atomic mass is 16.5. The summed E-state index contributed by atoms with van der Waals surface area (Å²) in [7, 11) is 1.55. The van der Waals surface area contributed by atoms with Gasteiger partial charge in [0.05, 0.1) is 19.0 Å². The van der Waals surface area contributed by atoms with Crippen molar-refractivity contribution in [2.45, 2.75) is 19.3 Å². The summed E-state index contributed by atoms with van der Waals surface area (Å²) in [5.41, 5.74) is 1.21. The van der Waals surface area contributed by atoms with E-state index in [1.807, 2.05) is 30.3 Å². The maximum absolute atomic E-state index is 12.4. The van der Waals surface area contributed by atoms with Crippen molar-refractivity contribution >= 4 is 5.91 Å². The van der Waals surface area contributed by atoms with Crippen molar-refractivity contribution in [3.63, 3.8) is 0 Å². The largest absolute Gasteiger partial charge is 0.493 e. The molecule has 0 saturated carbocycles. The summed E-state index contributed by atoms with van der Waals surface area (Å²) < 4.78 is 6.98. The van der Waals surface area contributed by atoms with E-state index in [4.69, 9.17) is 4.74 Å². The van der Waals surface area contributed by atoms with Gasteiger partial charge < -0.3 is 15.0 Å². The first-order chi connectivity index (χ1) is 11.8. The van der Waals surface area contributed by atoms with Crippen molar-refractivity contribution in [1.82, 2.24) is 20.0 Å². The molecule has 0 unspecified atom stereocenters. The molecule has 3 rings (SSSR count). The monoisotopic (exact) mass is 328 g/mol. The number of carbonyl (C=O) groups is 1. The number of hydrogen-bond donors (Lipinski definition) is 1. The number of rotatable bonds is 6. The van der Waals surface area contributed by atoms with Crippen molar-refractivity contribution < 1.29 is 9.53 Å². The Hall–Kier alpha value is -2.34. The van der Waals surface area contributed by atoms with Gasteiger partial charge in [-0.3, -0.25) is 4.79 Å². The third-order valence-corrected chi connectivity index (χ3v) is 4.30. The van der Waals surface area contributed by atoms with Crippen LogP contribution >= 0.6 is 0 Å². The quantitative estimate of drug-likeness (QED) is 0.882. The van der Waals surface area contributed by atoms with E-state index in [1.54, 1.807) is 18.0 Å². The highest BCUT2D eigenvalue weighted by molar-refractivity contribution is 5.94. The fourth-order valence-electron chi connectivity index (χ4n) is 2.97. The van der Waals surface area contributed by atoms with Crippen molar-refractivity contribution in [3.05, 3.63) is 42.2 Å². The lowest BCUT2D eigenvalue weighted by molar-refractivity contribution is 0.0938. The second-order valence-corrected chi connectivity index (χ2v) is 5.98. The third kappa shape index (κ3) is 3.94. The van der Waals surface area contributed by atoms with Gasteiger partial charge in [-0.15, -0.1) is 0 Å². The summed E-state index contributed by atoms with van der Waals surface area (Å²) in [6, 6.07) is 9.68. The number of amides is 1. The highest BCUT2D eigenvalue weighted by Crippen LogP contribution is 2.19. The summed E-state index contributed by atoms with van der Waals surface area (Å²) in [4.78, 5) is 14.8. The fourth-order valence-corrected chi connectivity index (χ4v) is 2.97. The fraction of sp³-hybridized carbons (Fsp3) is 0.444. The SMILES string of the molecule is COc1cn(-c2ccccc2)nc1C(=O)NCCN1CCCCC1. The minimum Gasteiger partial charge on any atom is -0.493 e. The standard InChI is InChI=1S/C18H24N4O2/c1-24-16-14-22(15-8-4-2-5-9-15)20-17(16)18(23)19-10-13-21-11-6-3-7-12-21/h2,4-5,8-9,14H,3,6-7,10-13H2,1H3,(H,19,23). The Balaban J connectivity index is 1.62. The Labute approximate surface area is 142 Å². The molecule has 1 aromatic heterocycles. The predicted octanol–water partition coefficient (Wildman–Crippen LogP) is 2.10. The summed E-state index contributed by atoms with van der Waals surface area (Å²) in [5.74, 6) is 0.285. The minimum atomic E-state index is -0.196. The molecule has 6 nitrogen and oxygen atoms in total. The smallest absolute Gasteiger partial charge is 0.275 e. The lowest BCUT2D eigenvalue weighted by Crippen LogP contribution is -2.37. The van der Waals surface area contributed by atoms with Crippen LogP contribution in [0.5, 0.6) is 5.75 Å². The van der Waals surface area contributed by atoms with Gasteiger partial charge in [0, 0.05) is 13.1 Å². The van der Waals surface area contributed by atoms with Crippen LogP contribution in [-0.4, -0.2) is 53.9 Å². The zero-order valence-corrected chi connectivity index (χ0v) is 14.1. The van der Waals surface area contributed by atoms with Crippen LogP contribution in [0, 0.1) is 0 Å². The maximum Gasteiger partial charge on any atom is 0.275 e. The van der Waals surface area contributed by atoms with Crippen LogP contribution in [0.25, 0.3) is 5.69 Å². The molecule has 1 aromatic carbocycles. The maximum atomic E-state index is 12.4. The van der Waals surface area contributed by atoms with E-state index in [0.717, 1.165) is 25.3 Å². The van der Waals surface area contributed by atoms with Crippen LogP contribution in [0.1, 0.15) is 29.8 Å². The molecule has 128 valence electrons. The molecule has 0 radical (unpaired) electrons. The number of benzene rings is 1. The summed E-state index contributed by atoms with van der Waals surface area (Å²) in [6.45, 7) is 3.76. The molecule has 0 spiro atoms. The van der Waals surface area contributed by atoms with Crippen LogP contribution in [0.3, 0.4) is 0 Å². The number of likely N-dealkylation sites (tertiary alicyclic amines) is 1. The van der Waals surface area contributed by atoms with Gasteiger partial charge in [0.25, 0.3) is 5.91 Å². The van der Waals surface area contributed by atoms with Crippen LogP contribution in [0.4, 0.5) is 0 Å². The summed E-state index contributed by atoms with van der Waals surface area (Å²) in [5, 5.41) is 7.33. The number of nitrogens with one attached hydrogen (secondary N) is 1. The first-order valence-corrected chi connectivity index (χ1v) is 8.47. The highest BCUT2D eigenvalue weighted by Gasteiger charge is 2.18. The molecule has 1 saturated heterocycles. The van der Waals surface area contributed by atoms with E-state index < -0.39 is 0 Å². The lowest BCUT2D eigenvalue weighted by Gasteiger charge is -2.26. The van der Waals surface area contributed by atoms with Gasteiger partial charge in [-0.1, -0.05) is 24.6 Å². The molecule has 2 heterocycles. The molecule has 2 aromatic rings. The van der Waals surface area contributed by atoms with Gasteiger partial charge in [0.15, 0.2) is 11.4 Å². The second-order valence-electron chi connectivity index (χ2n) is 5.98. The average Bonchev–Trinajstić information content (AvgIpc) is 3.08. The van der Waals surface area contributed by atoms with E-state index in [0.29, 0.717) is 18.0 Å². The molecule has 24 heavy (non-hydrogen) atoms. The minimum absolute atomic E-state index is 0.196. The van der Waals surface area contributed by atoms with Gasteiger partial charge >= 0.3 is 0 Å². The topological polar surface area (TPSA) is 59.4 Å². The predicted molar refractivity (Wildman–Crippen MR) is 92.7 cm³/mol. The lowest BCUT2D eigenvalue weighted by atomic mass is 10.1. The molecule has 6 heteroatoms. The molecular weight excluding hydrogens is 304 g/mol. The molecule has 0 aliphatic carbocycles. The number of ether oxygens (including phenoxy) is 1. The average molecular weight is 328 g/mol. The Morgan fingerprint density at radius 2 is 1.96 bits per heavy atom. The second kappa shape index (κ2) is 7.97. The van der Waals surface area contributed by atoms with Crippen molar-refractivity contribution in [1.29, 1.82) is 0 Å². The van der Waals surface area contributed by atoms with Crippen LogP contribution < -0.4 is 10.1 Å². The van der Waals surface area contributed by atoms with Crippen molar-refractivity contribution in [2.75, 3.05) is 33.3 Å². The van der Waals surface area contributed by atoms with Gasteiger partial charge in [0.2, 0.25) is 0 Å². The summed E-state index contributed by atoms with van der Waals surface area (Å²) >= 11 is 0. The van der Waals surface area contributed by atoms with E-state index in [2.05, 4.69) is 15.3 Å². The molecule has 0 atom stereocenters. The van der Waals surface area contributed by atoms with Crippen LogP contribution in [0.2, 0.25) is 0 Å². The Bertz CT molecular complexity index is 663. The van der Waals surface area contributed by atoms with Gasteiger partial charge in [-0.05, 0) is 38.1 Å². The number of carbonyl (C=O) groups excluding carboxylic acids is 1. The number of para-hydroxylation sites is 1. The Kier molecular flexibility index (Phi) is 5.48. The zero-order valence-electron chi connectivity index (χ0n) is 14.1. The first-order valence-electron chi connectivity index (χ1n) is 8.47. The van der Waals surface area contributed by atoms with Gasteiger partial charge in [0.1, 0.15) is 0 Å². The number of methoxy groups -OCH3 is 1. The first kappa shape index (κ1) is 16.5. The Morgan fingerprint density at radius 1 is 1.21 bits per heavy atom. The summed E-state index contributed by atoms with van der Waals surface area (Å²) in [6.07, 6.45) is 5.55. The number of nitrogens with zero attached hydrogens (tertiary/aromatic N) is 3. The Morgan fingerprint density at radius 3 is 2.67 bits per heavy atom. The van der Waals surface area contributed by atoms with Crippen LogP contribution in [-0.2, 0) is 0 Å².